The summed E-state index contributed by atoms with van der Waals surface area (Å²) in [4.78, 5) is 22.0. The van der Waals surface area contributed by atoms with E-state index in [0.29, 0.717) is 12.0 Å². The van der Waals surface area contributed by atoms with Crippen molar-refractivity contribution in [1.29, 1.82) is 0 Å². The summed E-state index contributed by atoms with van der Waals surface area (Å²) >= 11 is 6.01. The highest BCUT2D eigenvalue weighted by Gasteiger charge is 2.18. The molecule has 0 spiro atoms. The van der Waals surface area contributed by atoms with Crippen molar-refractivity contribution in [1.82, 2.24) is 0 Å². The number of halogens is 1. The van der Waals surface area contributed by atoms with E-state index in [1.165, 1.54) is 27.2 Å². The molecule has 5 nitrogen and oxygen atoms in total. The fourth-order valence-corrected chi connectivity index (χ4v) is 1.63. The lowest BCUT2D eigenvalue weighted by Gasteiger charge is -2.14. The van der Waals surface area contributed by atoms with Gasteiger partial charge in [-0.2, -0.15) is 0 Å². The molecule has 0 saturated heterocycles. The summed E-state index contributed by atoms with van der Waals surface area (Å²) in [7, 11) is 2.84. The summed E-state index contributed by atoms with van der Waals surface area (Å²) in [5.41, 5.74) is 0.420. The summed E-state index contributed by atoms with van der Waals surface area (Å²) in [6.45, 7) is 1.33. The van der Waals surface area contributed by atoms with Crippen LogP contribution in [-0.2, 0) is 4.79 Å². The largest absolute Gasteiger partial charge is 0.496 e. The zero-order valence-corrected chi connectivity index (χ0v) is 10.4. The second kappa shape index (κ2) is 5.54. The molecular formula is C11H12ClNO4. The lowest BCUT2D eigenvalue weighted by molar-refractivity contribution is -0.114. The van der Waals surface area contributed by atoms with Gasteiger partial charge in [-0.3, -0.25) is 9.59 Å². The van der Waals surface area contributed by atoms with Crippen molar-refractivity contribution in [3.05, 3.63) is 16.7 Å². The van der Waals surface area contributed by atoms with Crippen LogP contribution in [0.15, 0.2) is 6.07 Å². The molecule has 6 heteroatoms. The Balaban J connectivity index is 3.46. The normalized spacial score (nSPS) is 9.65. The lowest BCUT2D eigenvalue weighted by Crippen LogP contribution is -2.09. The van der Waals surface area contributed by atoms with E-state index >= 15 is 0 Å². The van der Waals surface area contributed by atoms with Crippen LogP contribution in [0, 0.1) is 0 Å². The zero-order valence-electron chi connectivity index (χ0n) is 9.67. The maximum Gasteiger partial charge on any atom is 0.221 e. The Morgan fingerprint density at radius 3 is 2.35 bits per heavy atom. The summed E-state index contributed by atoms with van der Waals surface area (Å²) in [6, 6.07) is 1.49. The van der Waals surface area contributed by atoms with Crippen LogP contribution in [-0.4, -0.2) is 26.4 Å². The van der Waals surface area contributed by atoms with Crippen molar-refractivity contribution in [2.24, 2.45) is 0 Å². The molecule has 1 aromatic carbocycles. The molecule has 17 heavy (non-hydrogen) atoms. The molecule has 0 saturated carbocycles. The highest BCUT2D eigenvalue weighted by molar-refractivity contribution is 6.36. The smallest absolute Gasteiger partial charge is 0.221 e. The first-order valence-corrected chi connectivity index (χ1v) is 5.10. The minimum absolute atomic E-state index is 0.0893. The van der Waals surface area contributed by atoms with Gasteiger partial charge in [0.25, 0.3) is 0 Å². The number of hydrogen-bond donors (Lipinski definition) is 1. The number of methoxy groups -OCH3 is 2. The molecule has 0 aliphatic rings. The summed E-state index contributed by atoms with van der Waals surface area (Å²) in [6.07, 6.45) is 0.561. The Kier molecular flexibility index (Phi) is 4.34. The van der Waals surface area contributed by atoms with Crippen molar-refractivity contribution >= 4 is 29.5 Å². The SMILES string of the molecule is COc1cc(OC)c(NC(C)=O)c(Cl)c1C=O. The van der Waals surface area contributed by atoms with Gasteiger partial charge in [0, 0.05) is 13.0 Å². The van der Waals surface area contributed by atoms with Crippen molar-refractivity contribution in [2.45, 2.75) is 6.92 Å². The van der Waals surface area contributed by atoms with Gasteiger partial charge in [-0.25, -0.2) is 0 Å². The van der Waals surface area contributed by atoms with Gasteiger partial charge in [-0.15, -0.1) is 0 Å². The van der Waals surface area contributed by atoms with Crippen molar-refractivity contribution in [3.63, 3.8) is 0 Å². The fourth-order valence-electron chi connectivity index (χ4n) is 1.35. The van der Waals surface area contributed by atoms with Crippen LogP contribution in [0.5, 0.6) is 11.5 Å². The number of ether oxygens (including phenoxy) is 2. The average Bonchev–Trinajstić information content (AvgIpc) is 2.30. The molecule has 1 N–H and O–H groups in total. The van der Waals surface area contributed by atoms with Crippen LogP contribution in [0.2, 0.25) is 5.02 Å². The Morgan fingerprint density at radius 1 is 1.35 bits per heavy atom. The van der Waals surface area contributed by atoms with Crippen LogP contribution in [0.4, 0.5) is 5.69 Å². The summed E-state index contributed by atoms with van der Waals surface area (Å²) in [5, 5.41) is 2.60. The van der Waals surface area contributed by atoms with Crippen molar-refractivity contribution in [2.75, 3.05) is 19.5 Å². The number of carbonyl (C=O) groups excluding carboxylic acids is 2. The van der Waals surface area contributed by atoms with E-state index < -0.39 is 0 Å². The highest BCUT2D eigenvalue weighted by atomic mass is 35.5. The number of benzene rings is 1. The van der Waals surface area contributed by atoms with Gasteiger partial charge >= 0.3 is 0 Å². The summed E-state index contributed by atoms with van der Waals surface area (Å²) < 4.78 is 10.1. The number of anilines is 1. The first kappa shape index (κ1) is 13.3. The molecule has 0 heterocycles. The maximum atomic E-state index is 11.0. The molecule has 0 aliphatic carbocycles. The quantitative estimate of drug-likeness (QED) is 0.840. The van der Waals surface area contributed by atoms with Gasteiger partial charge in [-0.05, 0) is 0 Å². The molecule has 0 unspecified atom stereocenters. The van der Waals surface area contributed by atoms with E-state index in [-0.39, 0.29) is 27.9 Å². The minimum Gasteiger partial charge on any atom is -0.496 e. The van der Waals surface area contributed by atoms with E-state index in [9.17, 15) is 9.59 Å². The standard InChI is InChI=1S/C11H12ClNO4/c1-6(15)13-11-9(17-3)4-8(16-2)7(5-14)10(11)12/h4-5H,1-3H3,(H,13,15). The van der Waals surface area contributed by atoms with Crippen LogP contribution in [0.3, 0.4) is 0 Å². The monoisotopic (exact) mass is 257 g/mol. The van der Waals surface area contributed by atoms with Gasteiger partial charge in [0.1, 0.15) is 17.2 Å². The van der Waals surface area contributed by atoms with Gasteiger partial charge in [-0.1, -0.05) is 11.6 Å². The van der Waals surface area contributed by atoms with Crippen LogP contribution >= 0.6 is 11.6 Å². The molecule has 1 aromatic rings. The molecule has 0 radical (unpaired) electrons. The van der Waals surface area contributed by atoms with Crippen LogP contribution in [0.1, 0.15) is 17.3 Å². The number of hydrogen-bond acceptors (Lipinski definition) is 4. The summed E-state index contributed by atoms with van der Waals surface area (Å²) in [5.74, 6) is 0.302. The number of nitrogens with one attached hydrogen (secondary N) is 1. The Labute approximate surface area is 104 Å². The molecule has 1 amide bonds. The molecule has 0 bridgehead atoms. The average molecular weight is 258 g/mol. The van der Waals surface area contributed by atoms with E-state index in [0.717, 1.165) is 0 Å². The van der Waals surface area contributed by atoms with E-state index in [4.69, 9.17) is 21.1 Å². The van der Waals surface area contributed by atoms with Crippen molar-refractivity contribution < 1.29 is 19.1 Å². The molecule has 0 aromatic heterocycles. The number of aldehydes is 1. The third-order valence-electron chi connectivity index (χ3n) is 2.09. The van der Waals surface area contributed by atoms with Crippen LogP contribution in [0.25, 0.3) is 0 Å². The van der Waals surface area contributed by atoms with Gasteiger partial charge < -0.3 is 14.8 Å². The van der Waals surface area contributed by atoms with Crippen LogP contribution < -0.4 is 14.8 Å². The predicted molar refractivity (Wildman–Crippen MR) is 64.2 cm³/mol. The third kappa shape index (κ3) is 2.68. The maximum absolute atomic E-state index is 11.0. The number of rotatable bonds is 4. The first-order valence-electron chi connectivity index (χ1n) is 4.72. The van der Waals surface area contributed by atoms with E-state index in [1.54, 1.807) is 0 Å². The molecular weight excluding hydrogens is 246 g/mol. The number of carbonyl (C=O) groups is 2. The Hall–Kier alpha value is -1.75. The Bertz CT molecular complexity index is 459. The lowest BCUT2D eigenvalue weighted by atomic mass is 10.1. The molecule has 92 valence electrons. The Morgan fingerprint density at radius 2 is 1.94 bits per heavy atom. The third-order valence-corrected chi connectivity index (χ3v) is 2.48. The number of amides is 1. The van der Waals surface area contributed by atoms with Gasteiger partial charge in [0.15, 0.2) is 6.29 Å². The second-order valence-corrected chi connectivity index (χ2v) is 3.56. The molecule has 0 fully saturated rings. The molecule has 0 aliphatic heterocycles. The predicted octanol–water partition coefficient (Wildman–Crippen LogP) is 2.13. The minimum atomic E-state index is -0.313. The molecule has 0 atom stereocenters. The fraction of sp³-hybridized carbons (Fsp3) is 0.273. The van der Waals surface area contributed by atoms with E-state index in [2.05, 4.69) is 5.32 Å². The van der Waals surface area contributed by atoms with Crippen molar-refractivity contribution in [3.8, 4) is 11.5 Å². The molecule has 1 rings (SSSR count). The van der Waals surface area contributed by atoms with Gasteiger partial charge in [0.2, 0.25) is 5.91 Å². The second-order valence-electron chi connectivity index (χ2n) is 3.18. The zero-order chi connectivity index (χ0) is 13.0. The topological polar surface area (TPSA) is 64.6 Å². The van der Waals surface area contributed by atoms with Gasteiger partial charge in [0.05, 0.1) is 24.8 Å². The first-order chi connectivity index (χ1) is 8.04. The van der Waals surface area contributed by atoms with E-state index in [1.807, 2.05) is 0 Å². The highest BCUT2D eigenvalue weighted by Crippen LogP contribution is 2.40.